The van der Waals surface area contributed by atoms with Crippen molar-refractivity contribution in [1.82, 2.24) is 0 Å². The molecule has 171 valence electrons. The average Bonchev–Trinajstić information content (AvgIpc) is 1.96. The summed E-state index contributed by atoms with van der Waals surface area (Å²) in [6, 6.07) is 0. The summed E-state index contributed by atoms with van der Waals surface area (Å²) >= 11 is 0. The first-order valence-corrected chi connectivity index (χ1v) is 31.0. The Labute approximate surface area is 219 Å². The van der Waals surface area contributed by atoms with E-state index in [-0.39, 0.29) is 40.4 Å². The van der Waals surface area contributed by atoms with E-state index in [1.54, 1.807) is 0 Å². The van der Waals surface area contributed by atoms with Crippen molar-refractivity contribution < 1.29 is 40.4 Å². The third-order valence-corrected chi connectivity index (χ3v) is 18.1. The quantitative estimate of drug-likeness (QED) is 0.263. The van der Waals surface area contributed by atoms with Crippen LogP contribution in [0.1, 0.15) is 0 Å². The van der Waals surface area contributed by atoms with Crippen LogP contribution in [0.3, 0.4) is 0 Å². The first kappa shape index (κ1) is 37.8. The van der Waals surface area contributed by atoms with Crippen molar-refractivity contribution in [2.24, 2.45) is 0 Å². The summed E-state index contributed by atoms with van der Waals surface area (Å²) in [7, 11) is -6.64. The van der Waals surface area contributed by atoms with E-state index in [0.717, 1.165) is 0 Å². The normalized spacial score (nSPS) is 13.5. The van der Waals surface area contributed by atoms with Crippen molar-refractivity contribution in [3.05, 3.63) is 13.9 Å². The molecule has 0 N–H and O–H groups in total. The molecule has 10 heteroatoms. The molecule has 0 aliphatic rings. The Bertz CT molecular complexity index is 297. The van der Waals surface area contributed by atoms with Gasteiger partial charge in [-0.25, -0.2) is 0 Å². The van der Waals surface area contributed by atoms with Crippen molar-refractivity contribution in [3.8, 4) is 0 Å². The third-order valence-electron chi connectivity index (χ3n) is 2.01. The molecule has 0 fully saturated rings. The molecule has 0 aliphatic heterocycles. The Morgan fingerprint density at radius 2 is 0.321 bits per heavy atom. The fraction of sp³-hybridized carbons (Fsp3) is 1.00. The summed E-state index contributed by atoms with van der Waals surface area (Å²) in [6.45, 7) is 41.3. The van der Waals surface area contributed by atoms with E-state index in [4.69, 9.17) is 13.9 Å². The zero-order valence-electron chi connectivity index (χ0n) is 22.7. The Morgan fingerprint density at radius 1 is 0.250 bits per heavy atom. The van der Waals surface area contributed by atoms with Crippen LogP contribution in [0.4, 0.5) is 0 Å². The Hall–Kier alpha value is 2.52. The van der Waals surface area contributed by atoms with E-state index in [2.05, 4.69) is 118 Å². The zero-order valence-corrected chi connectivity index (χ0v) is 31.4. The van der Waals surface area contributed by atoms with Gasteiger partial charge in [0.2, 0.25) is 0 Å². The van der Waals surface area contributed by atoms with Gasteiger partial charge in [-0.2, -0.15) is 0 Å². The molecule has 0 saturated heterocycles. The Kier molecular flexibility index (Phi) is 18.8. The minimum absolute atomic E-state index is 0. The summed E-state index contributed by atoms with van der Waals surface area (Å²) in [5.74, 6) is 0. The van der Waals surface area contributed by atoms with Gasteiger partial charge in [0.1, 0.15) is 0 Å². The van der Waals surface area contributed by atoms with E-state index < -0.39 is 49.4 Å². The molecule has 1 radical (unpaired) electrons. The average molecular weight is 632 g/mol. The predicted octanol–water partition coefficient (Wildman–Crippen LogP) is 9.09. The molecule has 0 spiro atoms. The molecule has 0 heterocycles. The molecular formula is C18H54N3Si6Sm. The summed E-state index contributed by atoms with van der Waals surface area (Å²) in [5, 5.41) is 0. The van der Waals surface area contributed by atoms with E-state index in [1.807, 2.05) is 0 Å². The zero-order chi connectivity index (χ0) is 23.1. The number of hydrogen-bond donors (Lipinski definition) is 0. The molecule has 3 nitrogen and oxygen atoms in total. The van der Waals surface area contributed by atoms with E-state index >= 15 is 0 Å². The van der Waals surface area contributed by atoms with Crippen LogP contribution >= 0.6 is 0 Å². The second-order valence-corrected chi connectivity index (χ2v) is 42.1. The van der Waals surface area contributed by atoms with Gasteiger partial charge in [-0.3, -0.25) is 0 Å². The largest absolute Gasteiger partial charge is 3.00 e. The number of rotatable bonds is 6. The van der Waals surface area contributed by atoms with Crippen LogP contribution in [0.5, 0.6) is 0 Å². The summed E-state index contributed by atoms with van der Waals surface area (Å²) < 4.78 is 14.5. The van der Waals surface area contributed by atoms with Crippen molar-refractivity contribution in [3.63, 3.8) is 0 Å². The number of nitrogens with zero attached hydrogens (tertiary/aromatic N) is 3. The molecule has 0 bridgehead atoms. The molecule has 0 saturated carbocycles. The first-order chi connectivity index (χ1) is 11.1. The summed E-state index contributed by atoms with van der Waals surface area (Å²) in [4.78, 5) is 0. The van der Waals surface area contributed by atoms with Crippen molar-refractivity contribution in [2.45, 2.75) is 118 Å². The topological polar surface area (TPSA) is 42.3 Å². The molecule has 0 atom stereocenters. The summed E-state index contributed by atoms with van der Waals surface area (Å²) in [6.07, 6.45) is 0. The molecule has 28 heavy (non-hydrogen) atoms. The molecule has 0 aromatic heterocycles. The third kappa shape index (κ3) is 51.3. The SMILES string of the molecule is C[Si](C)(C)[N-][Si](C)(C)C.C[Si](C)(C)[N-][Si](C)(C)C.C[Si](C)(C)[N-][Si](C)(C)C.[Sm+3]. The predicted molar refractivity (Wildman–Crippen MR) is 150 cm³/mol. The fourth-order valence-electron chi connectivity index (χ4n) is 3.02. The van der Waals surface area contributed by atoms with Gasteiger partial charge < -0.3 is 13.9 Å². The van der Waals surface area contributed by atoms with Gasteiger partial charge in [0.25, 0.3) is 0 Å². The van der Waals surface area contributed by atoms with Crippen molar-refractivity contribution >= 4 is 49.4 Å². The van der Waals surface area contributed by atoms with Gasteiger partial charge in [0.05, 0.1) is 0 Å². The van der Waals surface area contributed by atoms with Gasteiger partial charge in [0.15, 0.2) is 0 Å². The molecule has 0 aromatic carbocycles. The van der Waals surface area contributed by atoms with E-state index in [0.29, 0.717) is 0 Å². The van der Waals surface area contributed by atoms with Crippen LogP contribution in [0, 0.1) is 40.4 Å². The Balaban J connectivity index is -0.000000152. The maximum Gasteiger partial charge on any atom is 3.00 e. The molecule has 0 unspecified atom stereocenters. The van der Waals surface area contributed by atoms with Crippen LogP contribution in [0.2, 0.25) is 118 Å². The maximum absolute atomic E-state index is 4.82. The minimum atomic E-state index is -1.11. The van der Waals surface area contributed by atoms with Crippen molar-refractivity contribution in [2.75, 3.05) is 0 Å². The molecule has 0 aliphatic carbocycles. The van der Waals surface area contributed by atoms with Crippen LogP contribution in [-0.2, 0) is 0 Å². The molecule has 0 amide bonds. The number of hydrogen-bond acceptors (Lipinski definition) is 0. The molecule has 0 aromatic rings. The van der Waals surface area contributed by atoms with Gasteiger partial charge >= 0.3 is 40.4 Å². The smallest absolute Gasteiger partial charge is 0.668 e. The maximum atomic E-state index is 4.82. The van der Waals surface area contributed by atoms with Crippen LogP contribution in [0.15, 0.2) is 0 Å². The fourth-order valence-corrected chi connectivity index (χ4v) is 27.2. The Morgan fingerprint density at radius 3 is 0.321 bits per heavy atom. The van der Waals surface area contributed by atoms with Gasteiger partial charge in [0, 0.05) is 0 Å². The minimum Gasteiger partial charge on any atom is -0.668 e. The van der Waals surface area contributed by atoms with Crippen LogP contribution in [-0.4, -0.2) is 49.4 Å². The van der Waals surface area contributed by atoms with Crippen LogP contribution in [0.25, 0.3) is 13.9 Å². The summed E-state index contributed by atoms with van der Waals surface area (Å²) in [5.41, 5.74) is 0. The molecular weight excluding hydrogens is 577 g/mol. The van der Waals surface area contributed by atoms with E-state index in [9.17, 15) is 0 Å². The van der Waals surface area contributed by atoms with Crippen molar-refractivity contribution in [1.29, 1.82) is 0 Å². The van der Waals surface area contributed by atoms with Crippen LogP contribution < -0.4 is 0 Å². The second kappa shape index (κ2) is 13.9. The van der Waals surface area contributed by atoms with Gasteiger partial charge in [-0.1, -0.05) is 167 Å². The van der Waals surface area contributed by atoms with Gasteiger partial charge in [-0.05, 0) is 0 Å². The molecule has 0 rings (SSSR count). The van der Waals surface area contributed by atoms with Gasteiger partial charge in [-0.15, -0.1) is 0 Å². The van der Waals surface area contributed by atoms with E-state index in [1.165, 1.54) is 0 Å². The standard InChI is InChI=1S/3C6H18NSi2.Sm/c3*1-8(2,3)7-9(4,5)6;/h3*1-6H3;/q3*-1;+3. The monoisotopic (exact) mass is 632 g/mol. The second-order valence-electron chi connectivity index (χ2n) is 13.4. The first-order valence-electron chi connectivity index (χ1n) is 10.3.